The average Bonchev–Trinajstić information content (AvgIpc) is 2.38. The summed E-state index contributed by atoms with van der Waals surface area (Å²) in [4.78, 5) is 0. The predicted molar refractivity (Wildman–Crippen MR) is 77.8 cm³/mol. The van der Waals surface area contributed by atoms with Crippen LogP contribution in [0.1, 0.15) is 58.1 Å². The van der Waals surface area contributed by atoms with E-state index in [2.05, 4.69) is 32.2 Å². The van der Waals surface area contributed by atoms with Gasteiger partial charge >= 0.3 is 0 Å². The summed E-state index contributed by atoms with van der Waals surface area (Å²) in [7, 11) is 0. The SMILES string of the molecule is CCCCC(CC)CNC(C)c1cccc(O)c1. The Morgan fingerprint density at radius 1 is 1.28 bits per heavy atom. The maximum absolute atomic E-state index is 9.47. The van der Waals surface area contributed by atoms with Gasteiger partial charge in [-0.15, -0.1) is 0 Å². The second-order valence-electron chi connectivity index (χ2n) is 5.14. The van der Waals surface area contributed by atoms with Crippen LogP contribution in [-0.4, -0.2) is 11.7 Å². The Morgan fingerprint density at radius 2 is 2.06 bits per heavy atom. The largest absolute Gasteiger partial charge is 0.508 e. The minimum atomic E-state index is 0.299. The number of nitrogens with one attached hydrogen (secondary N) is 1. The summed E-state index contributed by atoms with van der Waals surface area (Å²) < 4.78 is 0. The molecule has 0 heterocycles. The van der Waals surface area contributed by atoms with Crippen LogP contribution in [0.5, 0.6) is 5.75 Å². The molecule has 0 bridgehead atoms. The Labute approximate surface area is 111 Å². The van der Waals surface area contributed by atoms with E-state index in [9.17, 15) is 5.11 Å². The topological polar surface area (TPSA) is 32.3 Å². The Kier molecular flexibility index (Phi) is 6.81. The molecule has 2 heteroatoms. The van der Waals surface area contributed by atoms with Crippen LogP contribution in [0.3, 0.4) is 0 Å². The van der Waals surface area contributed by atoms with Crippen LogP contribution in [0.2, 0.25) is 0 Å². The standard InChI is InChI=1S/C16H27NO/c1-4-6-8-14(5-2)12-17-13(3)15-9-7-10-16(18)11-15/h7,9-11,13-14,17-18H,4-6,8,12H2,1-3H3. The molecule has 1 aromatic carbocycles. The Hall–Kier alpha value is -1.02. The van der Waals surface area contributed by atoms with E-state index in [0.717, 1.165) is 18.0 Å². The summed E-state index contributed by atoms with van der Waals surface area (Å²) in [5.41, 5.74) is 1.15. The molecule has 0 fully saturated rings. The van der Waals surface area contributed by atoms with Crippen LogP contribution < -0.4 is 5.32 Å². The molecule has 2 atom stereocenters. The van der Waals surface area contributed by atoms with E-state index in [4.69, 9.17) is 0 Å². The zero-order valence-corrected chi connectivity index (χ0v) is 11.9. The summed E-state index contributed by atoms with van der Waals surface area (Å²) in [5.74, 6) is 1.11. The fraction of sp³-hybridized carbons (Fsp3) is 0.625. The molecule has 102 valence electrons. The van der Waals surface area contributed by atoms with Crippen molar-refractivity contribution in [2.45, 2.75) is 52.5 Å². The number of unbranched alkanes of at least 4 members (excludes halogenated alkanes) is 1. The number of hydrogen-bond donors (Lipinski definition) is 2. The number of rotatable bonds is 8. The summed E-state index contributed by atoms with van der Waals surface area (Å²) in [6, 6.07) is 7.81. The highest BCUT2D eigenvalue weighted by atomic mass is 16.3. The van der Waals surface area contributed by atoms with Crippen molar-refractivity contribution >= 4 is 0 Å². The highest BCUT2D eigenvalue weighted by Gasteiger charge is 2.09. The number of aromatic hydroxyl groups is 1. The molecule has 1 aromatic rings. The van der Waals surface area contributed by atoms with Gasteiger partial charge in [0.05, 0.1) is 0 Å². The second-order valence-corrected chi connectivity index (χ2v) is 5.14. The van der Waals surface area contributed by atoms with Gasteiger partial charge in [0.1, 0.15) is 5.75 Å². The Balaban J connectivity index is 2.42. The van der Waals surface area contributed by atoms with Gasteiger partial charge in [0.15, 0.2) is 0 Å². The molecule has 18 heavy (non-hydrogen) atoms. The molecule has 0 aliphatic carbocycles. The van der Waals surface area contributed by atoms with Crippen LogP contribution in [0, 0.1) is 5.92 Å². The van der Waals surface area contributed by atoms with Crippen LogP contribution >= 0.6 is 0 Å². The first-order valence-corrected chi connectivity index (χ1v) is 7.19. The van der Waals surface area contributed by atoms with Gasteiger partial charge in [0, 0.05) is 6.04 Å². The Bertz CT molecular complexity index is 338. The van der Waals surface area contributed by atoms with Crippen LogP contribution in [0.15, 0.2) is 24.3 Å². The van der Waals surface area contributed by atoms with Crippen LogP contribution in [-0.2, 0) is 0 Å². The molecule has 0 aliphatic rings. The van der Waals surface area contributed by atoms with Crippen molar-refractivity contribution in [1.82, 2.24) is 5.32 Å². The molecule has 0 aromatic heterocycles. The fourth-order valence-corrected chi connectivity index (χ4v) is 2.20. The van der Waals surface area contributed by atoms with Crippen molar-refractivity contribution in [2.75, 3.05) is 6.54 Å². The van der Waals surface area contributed by atoms with Gasteiger partial charge in [-0.1, -0.05) is 45.2 Å². The van der Waals surface area contributed by atoms with E-state index in [0.29, 0.717) is 11.8 Å². The normalized spacial score (nSPS) is 14.4. The molecular weight excluding hydrogens is 222 g/mol. The number of hydrogen-bond acceptors (Lipinski definition) is 2. The molecule has 0 saturated carbocycles. The zero-order chi connectivity index (χ0) is 13.4. The fourth-order valence-electron chi connectivity index (χ4n) is 2.20. The number of phenolic OH excluding ortho intramolecular Hbond substituents is 1. The van der Waals surface area contributed by atoms with E-state index in [1.165, 1.54) is 25.7 Å². The molecule has 2 nitrogen and oxygen atoms in total. The van der Waals surface area contributed by atoms with E-state index < -0.39 is 0 Å². The lowest BCUT2D eigenvalue weighted by molar-refractivity contribution is 0.398. The minimum Gasteiger partial charge on any atom is -0.508 e. The van der Waals surface area contributed by atoms with Crippen molar-refractivity contribution < 1.29 is 5.11 Å². The molecule has 0 saturated heterocycles. The molecule has 0 amide bonds. The maximum atomic E-state index is 9.47. The highest BCUT2D eigenvalue weighted by Crippen LogP contribution is 2.19. The third kappa shape index (κ3) is 5.09. The van der Waals surface area contributed by atoms with Crippen molar-refractivity contribution in [3.8, 4) is 5.75 Å². The van der Waals surface area contributed by atoms with Gasteiger partial charge in [-0.2, -0.15) is 0 Å². The first-order valence-electron chi connectivity index (χ1n) is 7.19. The molecule has 2 unspecified atom stereocenters. The third-order valence-corrected chi connectivity index (χ3v) is 3.63. The van der Waals surface area contributed by atoms with Gasteiger partial charge in [0.2, 0.25) is 0 Å². The molecule has 2 N–H and O–H groups in total. The number of benzene rings is 1. The first-order chi connectivity index (χ1) is 8.67. The van der Waals surface area contributed by atoms with Crippen LogP contribution in [0.4, 0.5) is 0 Å². The quantitative estimate of drug-likeness (QED) is 0.721. The van der Waals surface area contributed by atoms with Crippen molar-refractivity contribution in [2.24, 2.45) is 5.92 Å². The maximum Gasteiger partial charge on any atom is 0.115 e. The van der Waals surface area contributed by atoms with Gasteiger partial charge < -0.3 is 10.4 Å². The average molecular weight is 249 g/mol. The van der Waals surface area contributed by atoms with Gasteiger partial charge in [0.25, 0.3) is 0 Å². The predicted octanol–water partition coefficient (Wildman–Crippen LogP) is 4.26. The smallest absolute Gasteiger partial charge is 0.115 e. The minimum absolute atomic E-state index is 0.299. The highest BCUT2D eigenvalue weighted by molar-refractivity contribution is 5.28. The Morgan fingerprint density at radius 3 is 2.67 bits per heavy atom. The van der Waals surface area contributed by atoms with Crippen molar-refractivity contribution in [1.29, 1.82) is 0 Å². The number of phenols is 1. The monoisotopic (exact) mass is 249 g/mol. The van der Waals surface area contributed by atoms with Gasteiger partial charge in [-0.05, 0) is 43.5 Å². The summed E-state index contributed by atoms with van der Waals surface area (Å²) in [6.45, 7) is 7.73. The van der Waals surface area contributed by atoms with Gasteiger partial charge in [-0.25, -0.2) is 0 Å². The van der Waals surface area contributed by atoms with E-state index in [-0.39, 0.29) is 0 Å². The summed E-state index contributed by atoms with van der Waals surface area (Å²) in [6.07, 6.45) is 5.14. The van der Waals surface area contributed by atoms with Crippen molar-refractivity contribution in [3.05, 3.63) is 29.8 Å². The molecular formula is C16H27NO. The van der Waals surface area contributed by atoms with E-state index in [1.54, 1.807) is 6.07 Å². The van der Waals surface area contributed by atoms with Crippen LogP contribution in [0.25, 0.3) is 0 Å². The van der Waals surface area contributed by atoms with E-state index in [1.807, 2.05) is 12.1 Å². The molecule has 0 aliphatic heterocycles. The summed E-state index contributed by atoms with van der Waals surface area (Å²) >= 11 is 0. The van der Waals surface area contributed by atoms with Gasteiger partial charge in [-0.3, -0.25) is 0 Å². The lowest BCUT2D eigenvalue weighted by atomic mass is 9.98. The zero-order valence-electron chi connectivity index (χ0n) is 11.9. The van der Waals surface area contributed by atoms with Crippen molar-refractivity contribution in [3.63, 3.8) is 0 Å². The first kappa shape index (κ1) is 15.0. The lowest BCUT2D eigenvalue weighted by Gasteiger charge is -2.20. The molecule has 1 rings (SSSR count). The van der Waals surface area contributed by atoms with E-state index >= 15 is 0 Å². The summed E-state index contributed by atoms with van der Waals surface area (Å²) in [5, 5.41) is 13.0. The molecule has 0 radical (unpaired) electrons. The lowest BCUT2D eigenvalue weighted by Crippen LogP contribution is -2.25. The third-order valence-electron chi connectivity index (χ3n) is 3.63. The second kappa shape index (κ2) is 8.15. The molecule has 0 spiro atoms.